The van der Waals surface area contributed by atoms with Crippen molar-refractivity contribution in [3.8, 4) is 0 Å². The van der Waals surface area contributed by atoms with Crippen molar-refractivity contribution in [2.45, 2.75) is 12.8 Å². The Morgan fingerprint density at radius 1 is 1.07 bits per heavy atom. The number of aromatic nitrogens is 1. The van der Waals surface area contributed by atoms with Crippen molar-refractivity contribution in [1.29, 1.82) is 0 Å². The van der Waals surface area contributed by atoms with Crippen LogP contribution < -0.4 is 5.32 Å². The van der Waals surface area contributed by atoms with Gasteiger partial charge in [0, 0.05) is 19.0 Å². The van der Waals surface area contributed by atoms with E-state index in [-0.39, 0.29) is 18.4 Å². The van der Waals surface area contributed by atoms with Gasteiger partial charge in [0.05, 0.1) is 18.2 Å². The van der Waals surface area contributed by atoms with Crippen LogP contribution in [-0.2, 0) is 14.3 Å². The first-order valence-electron chi connectivity index (χ1n) is 9.68. The van der Waals surface area contributed by atoms with Crippen LogP contribution in [0, 0.1) is 6.92 Å². The molecule has 0 radical (unpaired) electrons. The third kappa shape index (κ3) is 5.75. The monoisotopic (exact) mass is 423 g/mol. The molecule has 0 bridgehead atoms. The molecule has 6 nitrogen and oxygen atoms in total. The summed E-state index contributed by atoms with van der Waals surface area (Å²) in [4.78, 5) is 32.0. The van der Waals surface area contributed by atoms with E-state index in [0.29, 0.717) is 18.3 Å². The van der Waals surface area contributed by atoms with Crippen molar-refractivity contribution in [3.63, 3.8) is 0 Å². The summed E-state index contributed by atoms with van der Waals surface area (Å²) in [7, 11) is 1.58. The Bertz CT molecular complexity index is 921. The molecule has 0 saturated heterocycles. The molecule has 0 atom stereocenters. The molecular weight excluding hydrogens is 398 g/mol. The number of anilines is 1. The Morgan fingerprint density at radius 3 is 2.17 bits per heavy atom. The third-order valence-corrected chi connectivity index (χ3v) is 5.47. The highest BCUT2D eigenvalue weighted by atomic mass is 32.1. The zero-order valence-corrected chi connectivity index (χ0v) is 17.9. The van der Waals surface area contributed by atoms with E-state index in [1.807, 2.05) is 73.0 Å². The molecule has 2 amide bonds. The van der Waals surface area contributed by atoms with E-state index in [1.54, 1.807) is 12.0 Å². The molecule has 1 heterocycles. The number of carbonyl (C=O) groups is 2. The van der Waals surface area contributed by atoms with Gasteiger partial charge in [-0.3, -0.25) is 9.59 Å². The summed E-state index contributed by atoms with van der Waals surface area (Å²) < 4.78 is 5.18. The minimum atomic E-state index is -0.501. The molecule has 3 rings (SSSR count). The number of hydrogen-bond donors (Lipinski definition) is 1. The highest BCUT2D eigenvalue weighted by Gasteiger charge is 2.28. The quantitative estimate of drug-likeness (QED) is 0.570. The number of carbonyl (C=O) groups excluding carboxylic acids is 2. The van der Waals surface area contributed by atoms with Crippen LogP contribution in [0.15, 0.2) is 66.0 Å². The summed E-state index contributed by atoms with van der Waals surface area (Å²) in [5.41, 5.74) is 2.61. The molecule has 30 heavy (non-hydrogen) atoms. The predicted octanol–water partition coefficient (Wildman–Crippen LogP) is 3.70. The first-order chi connectivity index (χ1) is 14.6. The molecule has 1 N–H and O–H groups in total. The van der Waals surface area contributed by atoms with E-state index in [0.717, 1.165) is 16.8 Å². The number of aryl methyl sites for hydroxylation is 1. The van der Waals surface area contributed by atoms with E-state index in [1.165, 1.54) is 11.3 Å². The Kier molecular flexibility index (Phi) is 7.70. The standard InChI is InChI=1S/C23H25N3O3S/c1-17-16-30-23(24-17)25-20(27)15-26(13-14-29-2)22(28)21(18-9-5-3-6-10-18)19-11-7-4-8-12-19/h3-12,16,21H,13-15H2,1-2H3,(H,24,25,27). The number of amides is 2. The number of nitrogens with one attached hydrogen (secondary N) is 1. The maximum absolute atomic E-state index is 13.6. The van der Waals surface area contributed by atoms with Crippen molar-refractivity contribution in [2.75, 3.05) is 32.1 Å². The molecule has 0 saturated carbocycles. The Labute approximate surface area is 180 Å². The van der Waals surface area contributed by atoms with Crippen LogP contribution in [0.2, 0.25) is 0 Å². The first-order valence-corrected chi connectivity index (χ1v) is 10.6. The van der Waals surface area contributed by atoms with Gasteiger partial charge in [0.25, 0.3) is 0 Å². The zero-order valence-electron chi connectivity index (χ0n) is 17.1. The Hall–Kier alpha value is -3.03. The van der Waals surface area contributed by atoms with Gasteiger partial charge in [0.2, 0.25) is 11.8 Å². The van der Waals surface area contributed by atoms with Crippen LogP contribution in [0.5, 0.6) is 0 Å². The minimum absolute atomic E-state index is 0.0724. The van der Waals surface area contributed by atoms with Crippen LogP contribution in [0.4, 0.5) is 5.13 Å². The van der Waals surface area contributed by atoms with E-state index in [9.17, 15) is 9.59 Å². The lowest BCUT2D eigenvalue weighted by molar-refractivity contribution is -0.135. The Morgan fingerprint density at radius 2 is 1.67 bits per heavy atom. The van der Waals surface area contributed by atoms with Crippen molar-refractivity contribution in [3.05, 3.63) is 82.9 Å². The molecule has 7 heteroatoms. The lowest BCUT2D eigenvalue weighted by Crippen LogP contribution is -2.42. The van der Waals surface area contributed by atoms with E-state index in [2.05, 4.69) is 10.3 Å². The van der Waals surface area contributed by atoms with Crippen LogP contribution in [-0.4, -0.2) is 48.5 Å². The van der Waals surface area contributed by atoms with E-state index < -0.39 is 5.92 Å². The van der Waals surface area contributed by atoms with E-state index in [4.69, 9.17) is 4.74 Å². The fourth-order valence-corrected chi connectivity index (χ4v) is 3.87. The van der Waals surface area contributed by atoms with Crippen molar-refractivity contribution in [2.24, 2.45) is 0 Å². The van der Waals surface area contributed by atoms with Crippen molar-refractivity contribution < 1.29 is 14.3 Å². The minimum Gasteiger partial charge on any atom is -0.383 e. The van der Waals surface area contributed by atoms with Gasteiger partial charge >= 0.3 is 0 Å². The number of methoxy groups -OCH3 is 1. The van der Waals surface area contributed by atoms with Gasteiger partial charge in [-0.15, -0.1) is 11.3 Å². The lowest BCUT2D eigenvalue weighted by atomic mass is 9.90. The second-order valence-corrected chi connectivity index (χ2v) is 7.71. The van der Waals surface area contributed by atoms with E-state index >= 15 is 0 Å². The van der Waals surface area contributed by atoms with Gasteiger partial charge in [0.1, 0.15) is 6.54 Å². The average Bonchev–Trinajstić information content (AvgIpc) is 3.17. The largest absolute Gasteiger partial charge is 0.383 e. The van der Waals surface area contributed by atoms with Crippen molar-refractivity contribution in [1.82, 2.24) is 9.88 Å². The van der Waals surface area contributed by atoms with Crippen LogP contribution >= 0.6 is 11.3 Å². The van der Waals surface area contributed by atoms with Gasteiger partial charge < -0.3 is 15.0 Å². The molecule has 0 spiro atoms. The van der Waals surface area contributed by atoms with Crippen LogP contribution in [0.1, 0.15) is 22.7 Å². The molecule has 2 aromatic carbocycles. The lowest BCUT2D eigenvalue weighted by Gasteiger charge is -2.27. The van der Waals surface area contributed by atoms with Crippen LogP contribution in [0.25, 0.3) is 0 Å². The molecule has 0 aliphatic carbocycles. The number of thiazole rings is 1. The van der Waals surface area contributed by atoms with Gasteiger partial charge in [-0.25, -0.2) is 4.98 Å². The highest BCUT2D eigenvalue weighted by Crippen LogP contribution is 2.27. The predicted molar refractivity (Wildman–Crippen MR) is 119 cm³/mol. The second kappa shape index (κ2) is 10.7. The maximum Gasteiger partial charge on any atom is 0.245 e. The Balaban J connectivity index is 1.84. The van der Waals surface area contributed by atoms with Gasteiger partial charge in [-0.1, -0.05) is 60.7 Å². The maximum atomic E-state index is 13.6. The second-order valence-electron chi connectivity index (χ2n) is 6.85. The topological polar surface area (TPSA) is 71.5 Å². The summed E-state index contributed by atoms with van der Waals surface area (Å²) in [6, 6.07) is 19.2. The molecule has 0 aliphatic rings. The fraction of sp³-hybridized carbons (Fsp3) is 0.261. The van der Waals surface area contributed by atoms with Gasteiger partial charge in [-0.2, -0.15) is 0 Å². The highest BCUT2D eigenvalue weighted by molar-refractivity contribution is 7.13. The summed E-state index contributed by atoms with van der Waals surface area (Å²) in [6.45, 7) is 2.45. The molecule has 3 aromatic rings. The molecule has 156 valence electrons. The summed E-state index contributed by atoms with van der Waals surface area (Å²) in [5.74, 6) is -0.928. The fourth-order valence-electron chi connectivity index (χ4n) is 3.16. The number of benzene rings is 2. The summed E-state index contributed by atoms with van der Waals surface area (Å²) in [5, 5.41) is 5.17. The summed E-state index contributed by atoms with van der Waals surface area (Å²) in [6.07, 6.45) is 0. The number of rotatable bonds is 9. The van der Waals surface area contributed by atoms with Gasteiger partial charge in [-0.05, 0) is 18.1 Å². The average molecular weight is 424 g/mol. The summed E-state index contributed by atoms with van der Waals surface area (Å²) >= 11 is 1.36. The third-order valence-electron chi connectivity index (χ3n) is 4.59. The molecular formula is C23H25N3O3S. The zero-order chi connectivity index (χ0) is 21.3. The smallest absolute Gasteiger partial charge is 0.245 e. The number of nitrogens with zero attached hydrogens (tertiary/aromatic N) is 2. The number of hydrogen-bond acceptors (Lipinski definition) is 5. The van der Waals surface area contributed by atoms with Gasteiger partial charge in [0.15, 0.2) is 5.13 Å². The van der Waals surface area contributed by atoms with Crippen molar-refractivity contribution >= 4 is 28.3 Å². The SMILES string of the molecule is COCCN(CC(=O)Nc1nc(C)cs1)C(=O)C(c1ccccc1)c1ccccc1. The number of ether oxygens (including phenoxy) is 1. The molecule has 0 fully saturated rings. The molecule has 1 aromatic heterocycles. The molecule has 0 unspecified atom stereocenters. The first kappa shape index (κ1) is 21.7. The normalized spacial score (nSPS) is 10.8. The van der Waals surface area contributed by atoms with Crippen LogP contribution in [0.3, 0.4) is 0 Å². The molecule has 0 aliphatic heterocycles.